The van der Waals surface area contributed by atoms with E-state index >= 15 is 0 Å². The summed E-state index contributed by atoms with van der Waals surface area (Å²) in [4.78, 5) is 0. The Balaban J connectivity index is 2.00. The lowest BCUT2D eigenvalue weighted by Gasteiger charge is -2.26. The second-order valence-corrected chi connectivity index (χ2v) is 5.40. The average Bonchev–Trinajstić information content (AvgIpc) is 2.38. The molecule has 0 amide bonds. The standard InChI is InChI=1S/C16H25NO/c1-18-15-11-9-14(10-12-15)16(17)13-7-5-3-2-4-6-8-13/h9-13,16H,2-8,17H2,1H3. The van der Waals surface area contributed by atoms with E-state index in [9.17, 15) is 0 Å². The number of nitrogens with two attached hydrogens (primary N) is 1. The van der Waals surface area contributed by atoms with Crippen molar-refractivity contribution in [2.24, 2.45) is 11.7 Å². The highest BCUT2D eigenvalue weighted by Gasteiger charge is 2.20. The second-order valence-electron chi connectivity index (χ2n) is 5.40. The van der Waals surface area contributed by atoms with Gasteiger partial charge in [0.25, 0.3) is 0 Å². The molecule has 2 rings (SSSR count). The summed E-state index contributed by atoms with van der Waals surface area (Å²) in [5.74, 6) is 1.56. The molecule has 1 aliphatic carbocycles. The van der Waals surface area contributed by atoms with Gasteiger partial charge in [-0.05, 0) is 36.5 Å². The highest BCUT2D eigenvalue weighted by Crippen LogP contribution is 2.31. The number of methoxy groups -OCH3 is 1. The van der Waals surface area contributed by atoms with Gasteiger partial charge in [0.05, 0.1) is 7.11 Å². The smallest absolute Gasteiger partial charge is 0.118 e. The van der Waals surface area contributed by atoms with Crippen LogP contribution in [0.1, 0.15) is 56.6 Å². The highest BCUT2D eigenvalue weighted by molar-refractivity contribution is 5.29. The molecule has 100 valence electrons. The van der Waals surface area contributed by atoms with E-state index in [0.717, 1.165) is 5.75 Å². The van der Waals surface area contributed by atoms with Crippen LogP contribution in [0, 0.1) is 5.92 Å². The van der Waals surface area contributed by atoms with Crippen molar-refractivity contribution in [3.63, 3.8) is 0 Å². The van der Waals surface area contributed by atoms with Crippen LogP contribution in [0.2, 0.25) is 0 Å². The first-order valence-corrected chi connectivity index (χ1v) is 7.21. The molecule has 2 heteroatoms. The van der Waals surface area contributed by atoms with Gasteiger partial charge in [-0.15, -0.1) is 0 Å². The van der Waals surface area contributed by atoms with Gasteiger partial charge in [0.2, 0.25) is 0 Å². The molecule has 0 bridgehead atoms. The fourth-order valence-corrected chi connectivity index (χ4v) is 2.95. The molecule has 1 aromatic rings. The lowest BCUT2D eigenvalue weighted by molar-refractivity contribution is 0.327. The van der Waals surface area contributed by atoms with Crippen molar-refractivity contribution >= 4 is 0 Å². The van der Waals surface area contributed by atoms with Crippen molar-refractivity contribution in [3.8, 4) is 5.75 Å². The minimum absolute atomic E-state index is 0.189. The number of benzene rings is 1. The molecule has 0 spiro atoms. The van der Waals surface area contributed by atoms with E-state index in [1.165, 1.54) is 50.5 Å². The molecular weight excluding hydrogens is 222 g/mol. The lowest BCUT2D eigenvalue weighted by atomic mass is 9.83. The van der Waals surface area contributed by atoms with Gasteiger partial charge >= 0.3 is 0 Å². The monoisotopic (exact) mass is 247 g/mol. The molecule has 1 fully saturated rings. The highest BCUT2D eigenvalue weighted by atomic mass is 16.5. The van der Waals surface area contributed by atoms with Gasteiger partial charge in [0.15, 0.2) is 0 Å². The van der Waals surface area contributed by atoms with E-state index in [4.69, 9.17) is 10.5 Å². The third-order valence-electron chi connectivity index (χ3n) is 4.16. The van der Waals surface area contributed by atoms with Crippen LogP contribution in [0.3, 0.4) is 0 Å². The van der Waals surface area contributed by atoms with Crippen LogP contribution < -0.4 is 10.5 Å². The van der Waals surface area contributed by atoms with Gasteiger partial charge in [0.1, 0.15) is 5.75 Å². The van der Waals surface area contributed by atoms with Crippen molar-refractivity contribution < 1.29 is 4.74 Å². The minimum Gasteiger partial charge on any atom is -0.497 e. The summed E-state index contributed by atoms with van der Waals surface area (Å²) >= 11 is 0. The van der Waals surface area contributed by atoms with E-state index in [0.29, 0.717) is 5.92 Å². The summed E-state index contributed by atoms with van der Waals surface area (Å²) in [5.41, 5.74) is 7.69. The molecule has 0 aromatic heterocycles. The molecule has 1 unspecified atom stereocenters. The molecular formula is C16H25NO. The third kappa shape index (κ3) is 3.49. The zero-order valence-electron chi connectivity index (χ0n) is 11.4. The normalized spacial score (nSPS) is 19.9. The predicted molar refractivity (Wildman–Crippen MR) is 75.7 cm³/mol. The van der Waals surface area contributed by atoms with Crippen molar-refractivity contribution in [1.82, 2.24) is 0 Å². The summed E-state index contributed by atoms with van der Waals surface area (Å²) in [6, 6.07) is 8.44. The summed E-state index contributed by atoms with van der Waals surface area (Å²) in [6.45, 7) is 0. The van der Waals surface area contributed by atoms with Gasteiger partial charge in [-0.1, -0.05) is 44.2 Å². The molecule has 2 nitrogen and oxygen atoms in total. The summed E-state index contributed by atoms with van der Waals surface area (Å²) in [5, 5.41) is 0. The number of hydrogen-bond donors (Lipinski definition) is 1. The Bertz CT molecular complexity index is 339. The second kappa shape index (κ2) is 6.79. The van der Waals surface area contributed by atoms with E-state index in [-0.39, 0.29) is 6.04 Å². The van der Waals surface area contributed by atoms with E-state index in [2.05, 4.69) is 12.1 Å². The Labute approximate surface area is 111 Å². The zero-order valence-corrected chi connectivity index (χ0v) is 11.4. The molecule has 0 saturated heterocycles. The molecule has 1 atom stereocenters. The van der Waals surface area contributed by atoms with Crippen molar-refractivity contribution in [2.75, 3.05) is 7.11 Å². The average molecular weight is 247 g/mol. The van der Waals surface area contributed by atoms with Crippen molar-refractivity contribution in [3.05, 3.63) is 29.8 Å². The molecule has 1 saturated carbocycles. The molecule has 0 radical (unpaired) electrons. The Morgan fingerprint density at radius 3 is 2.11 bits per heavy atom. The van der Waals surface area contributed by atoms with Gasteiger partial charge < -0.3 is 10.5 Å². The maximum absolute atomic E-state index is 6.44. The first kappa shape index (κ1) is 13.4. The zero-order chi connectivity index (χ0) is 12.8. The number of ether oxygens (including phenoxy) is 1. The van der Waals surface area contributed by atoms with Crippen LogP contribution in [0.5, 0.6) is 5.75 Å². The third-order valence-corrected chi connectivity index (χ3v) is 4.16. The number of rotatable bonds is 3. The molecule has 2 N–H and O–H groups in total. The Hall–Kier alpha value is -1.02. The van der Waals surface area contributed by atoms with Crippen LogP contribution in [0.15, 0.2) is 24.3 Å². The van der Waals surface area contributed by atoms with E-state index in [1.54, 1.807) is 7.11 Å². The maximum Gasteiger partial charge on any atom is 0.118 e. The van der Waals surface area contributed by atoms with Crippen LogP contribution in [0.4, 0.5) is 0 Å². The molecule has 0 aliphatic heterocycles. The Morgan fingerprint density at radius 1 is 1.00 bits per heavy atom. The predicted octanol–water partition coefficient (Wildman–Crippen LogP) is 4.06. The minimum atomic E-state index is 0.189. The lowest BCUT2D eigenvalue weighted by Crippen LogP contribution is -2.22. The van der Waals surface area contributed by atoms with Crippen molar-refractivity contribution in [2.45, 2.75) is 51.0 Å². The fourth-order valence-electron chi connectivity index (χ4n) is 2.95. The van der Waals surface area contributed by atoms with Crippen molar-refractivity contribution in [1.29, 1.82) is 0 Å². The largest absolute Gasteiger partial charge is 0.497 e. The quantitative estimate of drug-likeness (QED) is 0.874. The Morgan fingerprint density at radius 2 is 1.56 bits per heavy atom. The molecule has 0 heterocycles. The van der Waals surface area contributed by atoms with E-state index < -0.39 is 0 Å². The van der Waals surface area contributed by atoms with Gasteiger partial charge in [-0.2, -0.15) is 0 Å². The topological polar surface area (TPSA) is 35.2 Å². The Kier molecular flexibility index (Phi) is 5.06. The maximum atomic E-state index is 6.44. The first-order chi connectivity index (χ1) is 8.81. The van der Waals surface area contributed by atoms with Gasteiger partial charge in [-0.25, -0.2) is 0 Å². The number of hydrogen-bond acceptors (Lipinski definition) is 2. The summed E-state index contributed by atoms with van der Waals surface area (Å²) in [7, 11) is 1.70. The molecule has 18 heavy (non-hydrogen) atoms. The first-order valence-electron chi connectivity index (χ1n) is 7.21. The van der Waals surface area contributed by atoms with Crippen LogP contribution in [-0.4, -0.2) is 7.11 Å². The summed E-state index contributed by atoms with van der Waals surface area (Å²) in [6.07, 6.45) is 9.42. The van der Waals surface area contributed by atoms with Crippen LogP contribution >= 0.6 is 0 Å². The molecule has 1 aromatic carbocycles. The van der Waals surface area contributed by atoms with Gasteiger partial charge in [-0.3, -0.25) is 0 Å². The summed E-state index contributed by atoms with van der Waals surface area (Å²) < 4.78 is 5.19. The SMILES string of the molecule is COc1ccc(C(N)C2CCCCCCC2)cc1. The molecule has 1 aliphatic rings. The van der Waals surface area contributed by atoms with Crippen LogP contribution in [0.25, 0.3) is 0 Å². The van der Waals surface area contributed by atoms with E-state index in [1.807, 2.05) is 12.1 Å². The van der Waals surface area contributed by atoms with Gasteiger partial charge in [0, 0.05) is 6.04 Å². The fraction of sp³-hybridized carbons (Fsp3) is 0.625. The van der Waals surface area contributed by atoms with Crippen LogP contribution in [-0.2, 0) is 0 Å².